The highest BCUT2D eigenvalue weighted by atomic mass is 32.2. The molecule has 1 saturated heterocycles. The molecule has 2 aromatic rings. The van der Waals surface area contributed by atoms with Crippen molar-refractivity contribution in [2.75, 3.05) is 34.3 Å². The Balaban J connectivity index is 1.97. The van der Waals surface area contributed by atoms with Gasteiger partial charge in [-0.15, -0.1) is 0 Å². The molecule has 0 saturated carbocycles. The quantitative estimate of drug-likeness (QED) is 0.697. The number of methoxy groups -OCH3 is 1. The topological polar surface area (TPSA) is 84.0 Å². The molecule has 0 bridgehead atoms. The molecule has 7 nitrogen and oxygen atoms in total. The van der Waals surface area contributed by atoms with Gasteiger partial charge in [0.25, 0.3) is 0 Å². The molecule has 30 heavy (non-hydrogen) atoms. The number of carbonyl (C=O) groups excluding carboxylic acids is 2. The molecule has 3 rings (SSSR count). The van der Waals surface area contributed by atoms with Gasteiger partial charge in [-0.05, 0) is 30.2 Å². The zero-order chi connectivity index (χ0) is 21.9. The number of sulfone groups is 1. The largest absolute Gasteiger partial charge is 0.465 e. The Kier molecular flexibility index (Phi) is 6.45. The van der Waals surface area contributed by atoms with Gasteiger partial charge in [0.05, 0.1) is 22.8 Å². The van der Waals surface area contributed by atoms with Crippen molar-refractivity contribution in [1.29, 1.82) is 0 Å². The van der Waals surface area contributed by atoms with E-state index in [1.54, 1.807) is 19.0 Å². The SMILES string of the molecule is COC(=O)c1cccc(S(=O)(=O)[C@H]2C[C@@H](c3ccccc3)CN(C(=O)N(C)C)C2)c1. The molecule has 2 amide bonds. The van der Waals surface area contributed by atoms with Crippen LogP contribution in [0.5, 0.6) is 0 Å². The van der Waals surface area contributed by atoms with Crippen molar-refractivity contribution in [3.8, 4) is 0 Å². The summed E-state index contributed by atoms with van der Waals surface area (Å²) in [5.74, 6) is -0.699. The highest BCUT2D eigenvalue weighted by Crippen LogP contribution is 2.33. The Morgan fingerprint density at radius 3 is 2.37 bits per heavy atom. The van der Waals surface area contributed by atoms with E-state index in [1.807, 2.05) is 30.3 Å². The van der Waals surface area contributed by atoms with Gasteiger partial charge in [0.1, 0.15) is 0 Å². The molecule has 1 aliphatic heterocycles. The fraction of sp³-hybridized carbons (Fsp3) is 0.364. The van der Waals surface area contributed by atoms with E-state index in [0.717, 1.165) is 5.56 Å². The second-order valence-corrected chi connectivity index (χ2v) is 9.84. The highest BCUT2D eigenvalue weighted by molar-refractivity contribution is 7.92. The van der Waals surface area contributed by atoms with Crippen LogP contribution >= 0.6 is 0 Å². The first-order chi connectivity index (χ1) is 14.2. The lowest BCUT2D eigenvalue weighted by Crippen LogP contribution is -2.51. The monoisotopic (exact) mass is 430 g/mol. The van der Waals surface area contributed by atoms with Gasteiger partial charge >= 0.3 is 12.0 Å². The van der Waals surface area contributed by atoms with Gasteiger partial charge in [0.15, 0.2) is 9.84 Å². The third-order valence-corrected chi connectivity index (χ3v) is 7.49. The molecule has 8 heteroatoms. The molecule has 2 atom stereocenters. The molecular formula is C22H26N2O5S. The van der Waals surface area contributed by atoms with Gasteiger partial charge in [-0.3, -0.25) is 0 Å². The number of piperidine rings is 1. The number of nitrogens with zero attached hydrogens (tertiary/aromatic N) is 2. The molecule has 1 fully saturated rings. The Hall–Kier alpha value is -2.87. The third-order valence-electron chi connectivity index (χ3n) is 5.36. The predicted octanol–water partition coefficient (Wildman–Crippen LogP) is 2.79. The summed E-state index contributed by atoms with van der Waals surface area (Å²) in [4.78, 5) is 27.6. The van der Waals surface area contributed by atoms with Crippen LogP contribution in [0.15, 0.2) is 59.5 Å². The van der Waals surface area contributed by atoms with E-state index in [2.05, 4.69) is 0 Å². The number of hydrogen-bond acceptors (Lipinski definition) is 5. The summed E-state index contributed by atoms with van der Waals surface area (Å²) in [6.45, 7) is 0.556. The van der Waals surface area contributed by atoms with Crippen molar-refractivity contribution >= 4 is 21.8 Å². The Labute approximate surface area is 177 Å². The minimum atomic E-state index is -3.78. The smallest absolute Gasteiger partial charge is 0.337 e. The molecule has 0 spiro atoms. The molecule has 0 aliphatic carbocycles. The van der Waals surface area contributed by atoms with Crippen LogP contribution in [0.3, 0.4) is 0 Å². The summed E-state index contributed by atoms with van der Waals surface area (Å²) in [6.07, 6.45) is 0.395. The molecule has 160 valence electrons. The standard InChI is InChI=1S/C22H26N2O5S/c1-23(2)22(26)24-14-18(16-8-5-4-6-9-16)13-20(15-24)30(27,28)19-11-7-10-17(12-19)21(25)29-3/h4-12,18,20H,13-15H2,1-3H3/t18-,20+/m1/s1. The first-order valence-corrected chi connectivity index (χ1v) is 11.2. The lowest BCUT2D eigenvalue weighted by molar-refractivity contribution is 0.0600. The van der Waals surface area contributed by atoms with Crippen molar-refractivity contribution in [3.05, 3.63) is 65.7 Å². The second kappa shape index (κ2) is 8.87. The Bertz CT molecular complexity index is 1020. The van der Waals surface area contributed by atoms with E-state index < -0.39 is 21.1 Å². The lowest BCUT2D eigenvalue weighted by atomic mass is 9.90. The van der Waals surface area contributed by atoms with Crippen LogP contribution < -0.4 is 0 Å². The number of carbonyl (C=O) groups is 2. The highest BCUT2D eigenvalue weighted by Gasteiger charge is 2.39. The van der Waals surface area contributed by atoms with Crippen molar-refractivity contribution in [2.24, 2.45) is 0 Å². The van der Waals surface area contributed by atoms with E-state index in [9.17, 15) is 18.0 Å². The Morgan fingerprint density at radius 2 is 1.73 bits per heavy atom. The van der Waals surface area contributed by atoms with Gasteiger partial charge in [-0.1, -0.05) is 36.4 Å². The van der Waals surface area contributed by atoms with Crippen molar-refractivity contribution in [1.82, 2.24) is 9.80 Å². The third kappa shape index (κ3) is 4.48. The summed E-state index contributed by atoms with van der Waals surface area (Å²) in [7, 11) is 0.772. The normalized spacial score (nSPS) is 19.2. The number of amides is 2. The molecular weight excluding hydrogens is 404 g/mol. The molecule has 0 radical (unpaired) electrons. The van der Waals surface area contributed by atoms with Crippen LogP contribution in [-0.4, -0.2) is 69.8 Å². The molecule has 2 aromatic carbocycles. The lowest BCUT2D eigenvalue weighted by Gasteiger charge is -2.38. The number of ether oxygens (including phenoxy) is 1. The number of rotatable bonds is 4. The Morgan fingerprint density at radius 1 is 1.03 bits per heavy atom. The van der Waals surface area contributed by atoms with Gasteiger partial charge in [0, 0.05) is 33.1 Å². The average Bonchev–Trinajstić information content (AvgIpc) is 2.78. The van der Waals surface area contributed by atoms with Crippen LogP contribution in [0, 0.1) is 0 Å². The van der Waals surface area contributed by atoms with Crippen LogP contribution in [0.2, 0.25) is 0 Å². The molecule has 1 aliphatic rings. The van der Waals surface area contributed by atoms with Crippen LogP contribution in [0.1, 0.15) is 28.3 Å². The molecule has 0 N–H and O–H groups in total. The van der Waals surface area contributed by atoms with Crippen molar-refractivity contribution in [3.63, 3.8) is 0 Å². The van der Waals surface area contributed by atoms with Gasteiger partial charge in [-0.2, -0.15) is 0 Å². The maximum Gasteiger partial charge on any atom is 0.337 e. The summed E-state index contributed by atoms with van der Waals surface area (Å²) in [5.41, 5.74) is 1.17. The molecule has 1 heterocycles. The fourth-order valence-electron chi connectivity index (χ4n) is 3.79. The number of benzene rings is 2. The maximum absolute atomic E-state index is 13.5. The minimum absolute atomic E-state index is 0.0568. The number of esters is 1. The summed E-state index contributed by atoms with van der Waals surface area (Å²) < 4.78 is 31.6. The predicted molar refractivity (Wildman–Crippen MR) is 113 cm³/mol. The zero-order valence-corrected chi connectivity index (χ0v) is 18.1. The van der Waals surface area contributed by atoms with E-state index in [-0.39, 0.29) is 29.0 Å². The first kappa shape index (κ1) is 21.8. The van der Waals surface area contributed by atoms with Crippen LogP contribution in [0.25, 0.3) is 0 Å². The molecule has 0 unspecified atom stereocenters. The second-order valence-electron chi connectivity index (χ2n) is 7.61. The van der Waals surface area contributed by atoms with Crippen molar-refractivity contribution in [2.45, 2.75) is 22.5 Å². The van der Waals surface area contributed by atoms with E-state index in [0.29, 0.717) is 13.0 Å². The summed E-state index contributed by atoms with van der Waals surface area (Å²) in [5, 5.41) is -0.784. The molecule has 0 aromatic heterocycles. The van der Waals surface area contributed by atoms with Crippen LogP contribution in [-0.2, 0) is 14.6 Å². The number of hydrogen-bond donors (Lipinski definition) is 0. The van der Waals surface area contributed by atoms with Crippen LogP contribution in [0.4, 0.5) is 4.79 Å². The minimum Gasteiger partial charge on any atom is -0.465 e. The number of likely N-dealkylation sites (tertiary alicyclic amines) is 1. The average molecular weight is 431 g/mol. The van der Waals surface area contributed by atoms with E-state index >= 15 is 0 Å². The summed E-state index contributed by atoms with van der Waals surface area (Å²) >= 11 is 0. The van der Waals surface area contributed by atoms with Gasteiger partial charge in [0.2, 0.25) is 0 Å². The first-order valence-electron chi connectivity index (χ1n) is 9.67. The van der Waals surface area contributed by atoms with Crippen molar-refractivity contribution < 1.29 is 22.7 Å². The maximum atomic E-state index is 13.5. The summed E-state index contributed by atoms with van der Waals surface area (Å²) in [6, 6.07) is 15.3. The van der Waals surface area contributed by atoms with E-state index in [4.69, 9.17) is 4.74 Å². The van der Waals surface area contributed by atoms with Gasteiger partial charge in [-0.25, -0.2) is 18.0 Å². The fourth-order valence-corrected chi connectivity index (χ4v) is 5.60. The zero-order valence-electron chi connectivity index (χ0n) is 17.3. The van der Waals surface area contributed by atoms with E-state index in [1.165, 1.54) is 36.3 Å². The van der Waals surface area contributed by atoms with Gasteiger partial charge < -0.3 is 14.5 Å². The number of urea groups is 1.